The van der Waals surface area contributed by atoms with Crippen LogP contribution in [0.5, 0.6) is 0 Å². The number of nitrogens with zero attached hydrogens (tertiary/aromatic N) is 1. The quantitative estimate of drug-likeness (QED) is 0.873. The van der Waals surface area contributed by atoms with E-state index in [-0.39, 0.29) is 18.2 Å². The van der Waals surface area contributed by atoms with Crippen LogP contribution in [0.4, 0.5) is 4.39 Å². The minimum absolute atomic E-state index is 0. The average Bonchev–Trinajstić information content (AvgIpc) is 2.68. The number of aliphatic hydroxyl groups is 1. The van der Waals surface area contributed by atoms with E-state index >= 15 is 0 Å². The normalized spacial score (nSPS) is 24.0. The largest absolute Gasteiger partial charge is 0.374 e. The van der Waals surface area contributed by atoms with Crippen LogP contribution in [-0.2, 0) is 6.54 Å². The molecule has 3 rings (SSSR count). The Labute approximate surface area is 119 Å². The SMILES string of the molecule is Cl.OC1c2cc(F)ccc2CN1CC1CCNCC1. The zero-order valence-corrected chi connectivity index (χ0v) is 11.6. The van der Waals surface area contributed by atoms with E-state index in [2.05, 4.69) is 10.2 Å². The molecule has 19 heavy (non-hydrogen) atoms. The van der Waals surface area contributed by atoms with E-state index in [4.69, 9.17) is 0 Å². The van der Waals surface area contributed by atoms with Crippen molar-refractivity contribution in [1.82, 2.24) is 10.2 Å². The third kappa shape index (κ3) is 3.08. The number of rotatable bonds is 2. The molecule has 0 radical (unpaired) electrons. The van der Waals surface area contributed by atoms with Crippen molar-refractivity contribution >= 4 is 12.4 Å². The molecule has 1 atom stereocenters. The van der Waals surface area contributed by atoms with Crippen LogP contribution in [0.15, 0.2) is 18.2 Å². The van der Waals surface area contributed by atoms with Crippen LogP contribution in [0.1, 0.15) is 30.2 Å². The van der Waals surface area contributed by atoms with E-state index in [0.29, 0.717) is 5.92 Å². The van der Waals surface area contributed by atoms with E-state index in [1.54, 1.807) is 6.07 Å². The maximum absolute atomic E-state index is 13.2. The summed E-state index contributed by atoms with van der Waals surface area (Å²) in [5.41, 5.74) is 1.79. The lowest BCUT2D eigenvalue weighted by Gasteiger charge is -2.29. The molecule has 0 bridgehead atoms. The smallest absolute Gasteiger partial charge is 0.134 e. The second-order valence-electron chi connectivity index (χ2n) is 5.34. The number of aliphatic hydroxyl groups excluding tert-OH is 1. The van der Waals surface area contributed by atoms with Gasteiger partial charge in [-0.05, 0) is 49.5 Å². The second-order valence-corrected chi connectivity index (χ2v) is 5.34. The predicted molar refractivity (Wildman–Crippen MR) is 74.6 cm³/mol. The molecule has 2 heterocycles. The molecule has 1 aromatic rings. The number of piperidine rings is 1. The van der Waals surface area contributed by atoms with Crippen molar-refractivity contribution in [2.45, 2.75) is 25.6 Å². The molecule has 0 saturated carbocycles. The lowest BCUT2D eigenvalue weighted by molar-refractivity contribution is 0.000292. The molecule has 2 N–H and O–H groups in total. The van der Waals surface area contributed by atoms with Crippen LogP contribution in [0.2, 0.25) is 0 Å². The van der Waals surface area contributed by atoms with E-state index in [1.807, 2.05) is 0 Å². The molecule has 5 heteroatoms. The monoisotopic (exact) mass is 286 g/mol. The highest BCUT2D eigenvalue weighted by atomic mass is 35.5. The first-order valence-electron chi connectivity index (χ1n) is 6.65. The zero-order chi connectivity index (χ0) is 12.5. The van der Waals surface area contributed by atoms with Gasteiger partial charge in [0, 0.05) is 18.7 Å². The minimum Gasteiger partial charge on any atom is -0.374 e. The second kappa shape index (κ2) is 6.18. The molecule has 1 saturated heterocycles. The number of hydrogen-bond acceptors (Lipinski definition) is 3. The first-order valence-corrected chi connectivity index (χ1v) is 6.65. The first kappa shape index (κ1) is 14.7. The standard InChI is InChI=1S/C14H19FN2O.ClH/c15-12-2-1-11-9-17(14(18)13(11)7-12)8-10-3-5-16-6-4-10;/h1-2,7,10,14,16,18H,3-6,8-9H2;1H. The Morgan fingerprint density at radius 2 is 2.05 bits per heavy atom. The number of halogens is 2. The van der Waals surface area contributed by atoms with Crippen molar-refractivity contribution in [3.63, 3.8) is 0 Å². The molecular weight excluding hydrogens is 267 g/mol. The molecule has 106 valence electrons. The maximum Gasteiger partial charge on any atom is 0.134 e. The van der Waals surface area contributed by atoms with E-state index in [9.17, 15) is 9.50 Å². The Kier molecular flexibility index (Phi) is 4.79. The van der Waals surface area contributed by atoms with Gasteiger partial charge in [-0.2, -0.15) is 0 Å². The summed E-state index contributed by atoms with van der Waals surface area (Å²) < 4.78 is 13.2. The van der Waals surface area contributed by atoms with Gasteiger partial charge in [-0.25, -0.2) is 4.39 Å². The topological polar surface area (TPSA) is 35.5 Å². The predicted octanol–water partition coefficient (Wildman–Crippen LogP) is 2.05. The molecule has 3 nitrogen and oxygen atoms in total. The van der Waals surface area contributed by atoms with Gasteiger partial charge in [0.05, 0.1) is 0 Å². The van der Waals surface area contributed by atoms with Crippen LogP contribution < -0.4 is 5.32 Å². The van der Waals surface area contributed by atoms with Gasteiger partial charge in [-0.15, -0.1) is 12.4 Å². The summed E-state index contributed by atoms with van der Waals surface area (Å²) in [7, 11) is 0. The van der Waals surface area contributed by atoms with Crippen LogP contribution in [0.3, 0.4) is 0 Å². The van der Waals surface area contributed by atoms with Crippen molar-refractivity contribution < 1.29 is 9.50 Å². The Bertz CT molecular complexity index is 437. The van der Waals surface area contributed by atoms with Gasteiger partial charge in [0.15, 0.2) is 0 Å². The van der Waals surface area contributed by atoms with E-state index in [0.717, 1.165) is 50.1 Å². The van der Waals surface area contributed by atoms with Crippen molar-refractivity contribution in [1.29, 1.82) is 0 Å². The summed E-state index contributed by atoms with van der Waals surface area (Å²) in [5.74, 6) is 0.372. The Balaban J connectivity index is 0.00000133. The lowest BCUT2D eigenvalue weighted by atomic mass is 9.97. The molecule has 0 aliphatic carbocycles. The zero-order valence-electron chi connectivity index (χ0n) is 10.8. The maximum atomic E-state index is 13.2. The number of nitrogens with one attached hydrogen (secondary N) is 1. The van der Waals surface area contributed by atoms with Crippen molar-refractivity contribution in [2.75, 3.05) is 19.6 Å². The van der Waals surface area contributed by atoms with E-state index in [1.165, 1.54) is 12.1 Å². The summed E-state index contributed by atoms with van der Waals surface area (Å²) in [5, 5.41) is 13.6. The average molecular weight is 287 g/mol. The van der Waals surface area contributed by atoms with Gasteiger partial charge in [0.25, 0.3) is 0 Å². The Morgan fingerprint density at radius 3 is 2.79 bits per heavy atom. The molecule has 2 aliphatic rings. The molecule has 1 aromatic carbocycles. The van der Waals surface area contributed by atoms with Crippen molar-refractivity contribution in [3.8, 4) is 0 Å². The van der Waals surface area contributed by atoms with Gasteiger partial charge in [-0.3, -0.25) is 4.90 Å². The highest BCUT2D eigenvalue weighted by Gasteiger charge is 2.30. The van der Waals surface area contributed by atoms with Gasteiger partial charge < -0.3 is 10.4 Å². The van der Waals surface area contributed by atoms with E-state index < -0.39 is 6.23 Å². The summed E-state index contributed by atoms with van der Waals surface area (Å²) in [6, 6.07) is 4.72. The van der Waals surface area contributed by atoms with Gasteiger partial charge in [0.2, 0.25) is 0 Å². The van der Waals surface area contributed by atoms with Crippen LogP contribution in [0.25, 0.3) is 0 Å². The van der Waals surface area contributed by atoms with Gasteiger partial charge in [-0.1, -0.05) is 6.07 Å². The molecule has 0 spiro atoms. The van der Waals surface area contributed by atoms with Crippen molar-refractivity contribution in [2.24, 2.45) is 5.92 Å². The summed E-state index contributed by atoms with van der Waals surface area (Å²) in [6.07, 6.45) is 1.69. The fraction of sp³-hybridized carbons (Fsp3) is 0.571. The number of fused-ring (bicyclic) bond motifs is 1. The van der Waals surface area contributed by atoms with Crippen LogP contribution in [0, 0.1) is 11.7 Å². The number of benzene rings is 1. The summed E-state index contributed by atoms with van der Waals surface area (Å²) in [4.78, 5) is 2.06. The molecule has 1 fully saturated rings. The van der Waals surface area contributed by atoms with Gasteiger partial charge in [0.1, 0.15) is 12.0 Å². The van der Waals surface area contributed by atoms with Crippen LogP contribution in [-0.4, -0.2) is 29.6 Å². The third-order valence-electron chi connectivity index (χ3n) is 4.06. The molecule has 0 aromatic heterocycles. The molecule has 1 unspecified atom stereocenters. The van der Waals surface area contributed by atoms with Crippen molar-refractivity contribution in [3.05, 3.63) is 35.1 Å². The number of hydrogen-bond donors (Lipinski definition) is 2. The Hall–Kier alpha value is -0.680. The summed E-state index contributed by atoms with van der Waals surface area (Å²) in [6.45, 7) is 3.77. The highest BCUT2D eigenvalue weighted by Crippen LogP contribution is 2.33. The fourth-order valence-electron chi connectivity index (χ4n) is 3.01. The lowest BCUT2D eigenvalue weighted by Crippen LogP contribution is -2.35. The highest BCUT2D eigenvalue weighted by molar-refractivity contribution is 5.85. The third-order valence-corrected chi connectivity index (χ3v) is 4.06. The molecule has 0 amide bonds. The molecular formula is C14H20ClFN2O. The Morgan fingerprint density at radius 1 is 1.32 bits per heavy atom. The molecule has 2 aliphatic heterocycles. The first-order chi connectivity index (χ1) is 8.74. The summed E-state index contributed by atoms with van der Waals surface area (Å²) >= 11 is 0. The van der Waals surface area contributed by atoms with Crippen LogP contribution >= 0.6 is 12.4 Å². The fourth-order valence-corrected chi connectivity index (χ4v) is 3.01. The minimum atomic E-state index is -0.634. The van der Waals surface area contributed by atoms with Gasteiger partial charge >= 0.3 is 0 Å².